The van der Waals surface area contributed by atoms with Crippen molar-refractivity contribution in [1.29, 1.82) is 5.41 Å². The fraction of sp³-hybridized carbons (Fsp3) is 0.143. The van der Waals surface area contributed by atoms with Crippen molar-refractivity contribution in [3.05, 3.63) is 53.5 Å². The van der Waals surface area contributed by atoms with Gasteiger partial charge in [-0.1, -0.05) is 18.2 Å². The molecule has 0 aliphatic rings. The molecule has 0 saturated heterocycles. The average molecular weight is 242 g/mol. The summed E-state index contributed by atoms with van der Waals surface area (Å²) in [5.74, 6) is 1.99. The first kappa shape index (κ1) is 12.1. The lowest BCUT2D eigenvalue weighted by atomic mass is 10.2. The van der Waals surface area contributed by atoms with E-state index in [1.54, 1.807) is 25.5 Å². The van der Waals surface area contributed by atoms with Gasteiger partial charge in [0.2, 0.25) is 0 Å². The normalized spacial score (nSPS) is 10.7. The van der Waals surface area contributed by atoms with E-state index in [1.165, 1.54) is 0 Å². The summed E-state index contributed by atoms with van der Waals surface area (Å²) in [5, 5.41) is 7.04. The van der Waals surface area contributed by atoms with E-state index in [-0.39, 0.29) is 0 Å². The Kier molecular flexibility index (Phi) is 3.91. The molecule has 0 atom stereocenters. The maximum Gasteiger partial charge on any atom is 0.145 e. The summed E-state index contributed by atoms with van der Waals surface area (Å²) in [6.45, 7) is 0.532. The van der Waals surface area contributed by atoms with Crippen LogP contribution in [0.15, 0.2) is 45.8 Å². The first-order chi connectivity index (χ1) is 8.83. The zero-order chi connectivity index (χ0) is 12.8. The molecule has 2 rings (SSSR count). The van der Waals surface area contributed by atoms with E-state index in [0.29, 0.717) is 18.1 Å². The van der Waals surface area contributed by atoms with Gasteiger partial charge in [0, 0.05) is 5.56 Å². The van der Waals surface area contributed by atoms with E-state index in [4.69, 9.17) is 14.6 Å². The highest BCUT2D eigenvalue weighted by atomic mass is 16.5. The number of nitrogens with one attached hydrogen (secondary N) is 1. The highest BCUT2D eigenvalue weighted by Gasteiger charge is 2.00. The first-order valence-electron chi connectivity index (χ1n) is 5.55. The van der Waals surface area contributed by atoms with Crippen LogP contribution >= 0.6 is 0 Å². The third kappa shape index (κ3) is 2.85. The topological polar surface area (TPSA) is 58.6 Å². The first-order valence-corrected chi connectivity index (χ1v) is 5.55. The van der Waals surface area contributed by atoms with Gasteiger partial charge < -0.3 is 14.6 Å². The number of rotatable bonds is 5. The lowest BCUT2D eigenvalue weighted by Gasteiger charge is -2.04. The number of ether oxygens (including phenoxy) is 1. The Labute approximate surface area is 105 Å². The number of nitrogens with zero attached hydrogens (tertiary/aromatic N) is 1. The van der Waals surface area contributed by atoms with Gasteiger partial charge in [-0.25, -0.2) is 0 Å². The van der Waals surface area contributed by atoms with Gasteiger partial charge in [-0.05, 0) is 18.2 Å². The van der Waals surface area contributed by atoms with Crippen LogP contribution in [0.2, 0.25) is 0 Å². The van der Waals surface area contributed by atoms with Crippen molar-refractivity contribution in [1.82, 2.24) is 0 Å². The Bertz CT molecular complexity index is 558. The van der Waals surface area contributed by atoms with Crippen LogP contribution in [-0.2, 0) is 6.54 Å². The molecule has 0 saturated carbocycles. The molecule has 0 aliphatic carbocycles. The van der Waals surface area contributed by atoms with Gasteiger partial charge in [0.1, 0.15) is 17.3 Å². The molecule has 0 spiro atoms. The van der Waals surface area contributed by atoms with Gasteiger partial charge >= 0.3 is 0 Å². The van der Waals surface area contributed by atoms with Crippen molar-refractivity contribution in [2.24, 2.45) is 4.99 Å². The third-order valence-electron chi connectivity index (χ3n) is 2.46. The van der Waals surface area contributed by atoms with Gasteiger partial charge in [-0.2, -0.15) is 0 Å². The zero-order valence-electron chi connectivity index (χ0n) is 10.1. The Balaban J connectivity index is 2.04. The molecule has 92 valence electrons. The second-order valence-electron chi connectivity index (χ2n) is 3.67. The van der Waals surface area contributed by atoms with Gasteiger partial charge in [0.05, 0.1) is 26.1 Å². The van der Waals surface area contributed by atoms with Crippen LogP contribution in [0.1, 0.15) is 17.1 Å². The van der Waals surface area contributed by atoms with Crippen LogP contribution in [0.5, 0.6) is 5.75 Å². The van der Waals surface area contributed by atoms with E-state index in [1.807, 2.05) is 24.3 Å². The molecule has 4 nitrogen and oxygen atoms in total. The molecule has 2 aromatic rings. The number of benzene rings is 1. The van der Waals surface area contributed by atoms with E-state index < -0.39 is 0 Å². The van der Waals surface area contributed by atoms with Crippen molar-refractivity contribution >= 4 is 12.4 Å². The highest BCUT2D eigenvalue weighted by molar-refractivity contribution is 5.79. The third-order valence-corrected chi connectivity index (χ3v) is 2.46. The molecule has 0 amide bonds. The van der Waals surface area contributed by atoms with Gasteiger partial charge in [-0.3, -0.25) is 4.99 Å². The minimum Gasteiger partial charge on any atom is -0.496 e. The van der Waals surface area contributed by atoms with Crippen LogP contribution < -0.4 is 4.74 Å². The van der Waals surface area contributed by atoms with Crippen LogP contribution in [0, 0.1) is 5.41 Å². The Hall–Kier alpha value is -2.36. The van der Waals surface area contributed by atoms with Crippen molar-refractivity contribution < 1.29 is 9.15 Å². The number of methoxy groups -OCH3 is 1. The Morgan fingerprint density at radius 1 is 1.22 bits per heavy atom. The van der Waals surface area contributed by atoms with Gasteiger partial charge in [-0.15, -0.1) is 0 Å². The Morgan fingerprint density at radius 2 is 2.00 bits per heavy atom. The molecule has 18 heavy (non-hydrogen) atoms. The maximum absolute atomic E-state index is 7.04. The summed E-state index contributed by atoms with van der Waals surface area (Å²) in [6, 6.07) is 11.3. The van der Waals surface area contributed by atoms with Gasteiger partial charge in [0.15, 0.2) is 0 Å². The van der Waals surface area contributed by atoms with Crippen molar-refractivity contribution in [2.45, 2.75) is 6.54 Å². The largest absolute Gasteiger partial charge is 0.496 e. The smallest absolute Gasteiger partial charge is 0.145 e. The second kappa shape index (κ2) is 5.82. The molecule has 0 radical (unpaired) electrons. The molecule has 1 N–H and O–H groups in total. The molecule has 0 aliphatic heterocycles. The molecule has 0 unspecified atom stereocenters. The minimum absolute atomic E-state index is 0.522. The lowest BCUT2D eigenvalue weighted by Crippen LogP contribution is -1.90. The molecule has 1 heterocycles. The summed E-state index contributed by atoms with van der Waals surface area (Å²) in [4.78, 5) is 4.29. The Morgan fingerprint density at radius 3 is 2.72 bits per heavy atom. The summed E-state index contributed by atoms with van der Waals surface area (Å²) in [5.41, 5.74) is 1.02. The fourth-order valence-electron chi connectivity index (χ4n) is 1.58. The predicted octanol–water partition coefficient (Wildman–Crippen LogP) is 2.90. The van der Waals surface area contributed by atoms with Crippen molar-refractivity contribution in [3.63, 3.8) is 0 Å². The minimum atomic E-state index is 0.522. The molecule has 0 bridgehead atoms. The maximum atomic E-state index is 7.04. The summed E-state index contributed by atoms with van der Waals surface area (Å²) >= 11 is 0. The molecular formula is C14H14N2O2. The average Bonchev–Trinajstić information content (AvgIpc) is 2.87. The zero-order valence-corrected chi connectivity index (χ0v) is 10.1. The molecule has 0 fully saturated rings. The van der Waals surface area contributed by atoms with Crippen LogP contribution in [0.25, 0.3) is 0 Å². The number of hydrogen-bond acceptors (Lipinski definition) is 4. The summed E-state index contributed by atoms with van der Waals surface area (Å²) in [6.07, 6.45) is 2.82. The summed E-state index contributed by atoms with van der Waals surface area (Å²) < 4.78 is 10.5. The van der Waals surface area contributed by atoms with E-state index in [2.05, 4.69) is 4.99 Å². The number of hydrogen-bond donors (Lipinski definition) is 1. The van der Waals surface area contributed by atoms with E-state index in [0.717, 1.165) is 17.5 Å². The van der Waals surface area contributed by atoms with Gasteiger partial charge in [0.25, 0.3) is 0 Å². The monoisotopic (exact) mass is 242 g/mol. The second-order valence-corrected chi connectivity index (χ2v) is 3.67. The quantitative estimate of drug-likeness (QED) is 0.819. The van der Waals surface area contributed by atoms with Crippen LogP contribution in [0.3, 0.4) is 0 Å². The molecule has 1 aromatic heterocycles. The van der Waals surface area contributed by atoms with Crippen molar-refractivity contribution in [2.75, 3.05) is 7.11 Å². The number of para-hydroxylation sites is 1. The molecule has 1 aromatic carbocycles. The molecular weight excluding hydrogens is 228 g/mol. The van der Waals surface area contributed by atoms with Crippen molar-refractivity contribution in [3.8, 4) is 5.75 Å². The standard InChI is InChI=1S/C14H14N2O2/c1-17-14-5-3-2-4-11(14)9-16-10-13-7-6-12(8-15)18-13/h2-8,10,15H,9H2,1H3. The number of furan rings is 1. The number of aliphatic imine (C=N–C) groups is 1. The van der Waals surface area contributed by atoms with Crippen LogP contribution in [-0.4, -0.2) is 19.5 Å². The van der Waals surface area contributed by atoms with E-state index in [9.17, 15) is 0 Å². The lowest BCUT2D eigenvalue weighted by molar-refractivity contribution is 0.410. The fourth-order valence-corrected chi connectivity index (χ4v) is 1.58. The van der Waals surface area contributed by atoms with E-state index >= 15 is 0 Å². The predicted molar refractivity (Wildman–Crippen MR) is 70.9 cm³/mol. The molecule has 4 heteroatoms. The summed E-state index contributed by atoms with van der Waals surface area (Å²) in [7, 11) is 1.64. The van der Waals surface area contributed by atoms with Crippen LogP contribution in [0.4, 0.5) is 0 Å². The highest BCUT2D eigenvalue weighted by Crippen LogP contribution is 2.17. The SMILES string of the molecule is COc1ccccc1CN=Cc1ccc(C=N)o1.